The van der Waals surface area contributed by atoms with E-state index in [1.54, 1.807) is 37.3 Å². The second-order valence-electron chi connectivity index (χ2n) is 8.35. The predicted molar refractivity (Wildman–Crippen MR) is 136 cm³/mol. The van der Waals surface area contributed by atoms with Gasteiger partial charge in [0, 0.05) is 24.0 Å². The molecule has 0 unspecified atom stereocenters. The first kappa shape index (κ1) is 26.2. The van der Waals surface area contributed by atoms with Crippen LogP contribution in [0.25, 0.3) is 10.8 Å². The second-order valence-corrected chi connectivity index (χ2v) is 10.3. The Morgan fingerprint density at radius 2 is 1.66 bits per heavy atom. The quantitative estimate of drug-likeness (QED) is 0.461. The van der Waals surface area contributed by atoms with Crippen LogP contribution < -0.4 is 9.62 Å². The molecule has 9 heteroatoms. The Kier molecular flexibility index (Phi) is 8.45. The predicted octanol–water partition coefficient (Wildman–Crippen LogP) is 3.69. The van der Waals surface area contributed by atoms with E-state index in [-0.39, 0.29) is 12.1 Å². The first-order chi connectivity index (χ1) is 16.6. The molecule has 0 heterocycles. The Morgan fingerprint density at radius 3 is 2.34 bits per heavy atom. The molecule has 0 aliphatic carbocycles. The summed E-state index contributed by atoms with van der Waals surface area (Å²) < 4.78 is 41.1. The van der Waals surface area contributed by atoms with Gasteiger partial charge in [0.1, 0.15) is 18.4 Å². The normalized spacial score (nSPS) is 12.2. The number of fused-ring (bicyclic) bond motifs is 1. The zero-order valence-electron chi connectivity index (χ0n) is 20.1. The minimum Gasteiger partial charge on any atom is -0.354 e. The average molecular weight is 500 g/mol. The van der Waals surface area contributed by atoms with Crippen molar-refractivity contribution in [2.24, 2.45) is 0 Å². The van der Waals surface area contributed by atoms with Gasteiger partial charge in [0.2, 0.25) is 21.8 Å². The van der Waals surface area contributed by atoms with Gasteiger partial charge in [0.05, 0.1) is 11.9 Å². The maximum atomic E-state index is 14.4. The summed E-state index contributed by atoms with van der Waals surface area (Å²) in [5.41, 5.74) is 0.583. The number of amides is 2. The number of anilines is 1. The molecule has 0 spiro atoms. The second kappa shape index (κ2) is 11.3. The van der Waals surface area contributed by atoms with E-state index in [1.807, 2.05) is 25.1 Å². The van der Waals surface area contributed by atoms with E-state index in [4.69, 9.17) is 0 Å². The molecule has 35 heavy (non-hydrogen) atoms. The molecule has 0 radical (unpaired) electrons. The van der Waals surface area contributed by atoms with Gasteiger partial charge in [-0.3, -0.25) is 13.9 Å². The number of hydrogen-bond acceptors (Lipinski definition) is 4. The van der Waals surface area contributed by atoms with Gasteiger partial charge in [-0.2, -0.15) is 0 Å². The Morgan fingerprint density at radius 1 is 1.00 bits per heavy atom. The van der Waals surface area contributed by atoms with Crippen LogP contribution in [0.2, 0.25) is 0 Å². The molecule has 186 valence electrons. The monoisotopic (exact) mass is 499 g/mol. The highest BCUT2D eigenvalue weighted by Gasteiger charge is 2.31. The highest BCUT2D eigenvalue weighted by atomic mass is 32.2. The van der Waals surface area contributed by atoms with Gasteiger partial charge in [-0.05, 0) is 30.9 Å². The summed E-state index contributed by atoms with van der Waals surface area (Å²) in [6.45, 7) is 3.16. The Hall–Kier alpha value is -3.46. The van der Waals surface area contributed by atoms with Gasteiger partial charge in [-0.1, -0.05) is 61.5 Å². The number of carbonyl (C=O) groups excluding carboxylic acids is 2. The third kappa shape index (κ3) is 6.36. The van der Waals surface area contributed by atoms with Crippen LogP contribution in [0.3, 0.4) is 0 Å². The molecule has 0 saturated heterocycles. The van der Waals surface area contributed by atoms with Crippen molar-refractivity contribution in [3.63, 3.8) is 0 Å². The summed E-state index contributed by atoms with van der Waals surface area (Å²) in [4.78, 5) is 27.5. The standard InChI is InChI=1S/C26H30FN3O4S/c1-4-16-28-26(32)19(2)29(17-21-11-6-8-14-23(21)27)25(31)18-30(35(3,33)34)24-15-9-12-20-10-5-7-13-22(20)24/h5-15,19H,4,16-18H2,1-3H3,(H,28,32)/t19-/m0/s1. The highest BCUT2D eigenvalue weighted by molar-refractivity contribution is 7.92. The summed E-state index contributed by atoms with van der Waals surface area (Å²) in [7, 11) is -3.87. The van der Waals surface area contributed by atoms with E-state index in [0.717, 1.165) is 15.9 Å². The van der Waals surface area contributed by atoms with E-state index in [2.05, 4.69) is 5.32 Å². The first-order valence-corrected chi connectivity index (χ1v) is 13.2. The van der Waals surface area contributed by atoms with Crippen molar-refractivity contribution in [3.05, 3.63) is 78.1 Å². The van der Waals surface area contributed by atoms with Crippen LogP contribution in [0.15, 0.2) is 66.7 Å². The van der Waals surface area contributed by atoms with Gasteiger partial charge in [0.15, 0.2) is 0 Å². The van der Waals surface area contributed by atoms with Crippen molar-refractivity contribution < 1.29 is 22.4 Å². The van der Waals surface area contributed by atoms with Crippen molar-refractivity contribution in [1.82, 2.24) is 10.2 Å². The molecule has 1 N–H and O–H groups in total. The summed E-state index contributed by atoms with van der Waals surface area (Å²) in [6.07, 6.45) is 1.74. The molecule has 1 atom stereocenters. The summed E-state index contributed by atoms with van der Waals surface area (Å²) in [5, 5.41) is 4.24. The van der Waals surface area contributed by atoms with Gasteiger partial charge in [-0.15, -0.1) is 0 Å². The fourth-order valence-corrected chi connectivity index (χ4v) is 4.67. The maximum absolute atomic E-state index is 14.4. The SMILES string of the molecule is CCCNC(=O)[C@H](C)N(Cc1ccccc1F)C(=O)CN(c1cccc2ccccc12)S(C)(=O)=O. The largest absolute Gasteiger partial charge is 0.354 e. The Labute approximate surface area is 205 Å². The van der Waals surface area contributed by atoms with Crippen LogP contribution in [0, 0.1) is 5.82 Å². The summed E-state index contributed by atoms with van der Waals surface area (Å²) >= 11 is 0. The summed E-state index contributed by atoms with van der Waals surface area (Å²) in [5.74, 6) is -1.53. The van der Waals surface area contributed by atoms with Gasteiger partial charge in [0.25, 0.3) is 0 Å². The number of hydrogen-bond donors (Lipinski definition) is 1. The van der Waals surface area contributed by atoms with Gasteiger partial charge < -0.3 is 10.2 Å². The fraction of sp³-hybridized carbons (Fsp3) is 0.308. The zero-order valence-corrected chi connectivity index (χ0v) is 20.9. The molecule has 0 aromatic heterocycles. The van der Waals surface area contributed by atoms with Crippen LogP contribution in [0.5, 0.6) is 0 Å². The molecule has 7 nitrogen and oxygen atoms in total. The van der Waals surface area contributed by atoms with Crippen LogP contribution in [0.4, 0.5) is 10.1 Å². The molecule has 0 aliphatic heterocycles. The van der Waals surface area contributed by atoms with E-state index >= 15 is 0 Å². The lowest BCUT2D eigenvalue weighted by Gasteiger charge is -2.31. The van der Waals surface area contributed by atoms with Crippen molar-refractivity contribution >= 4 is 38.3 Å². The smallest absolute Gasteiger partial charge is 0.244 e. The number of halogens is 1. The van der Waals surface area contributed by atoms with E-state index in [9.17, 15) is 22.4 Å². The Balaban J connectivity index is 1.99. The average Bonchev–Trinajstić information content (AvgIpc) is 2.83. The topological polar surface area (TPSA) is 86.8 Å². The molecule has 0 saturated carbocycles. The van der Waals surface area contributed by atoms with E-state index in [0.29, 0.717) is 24.0 Å². The van der Waals surface area contributed by atoms with Crippen molar-refractivity contribution in [2.75, 3.05) is 23.7 Å². The maximum Gasteiger partial charge on any atom is 0.244 e. The van der Waals surface area contributed by atoms with Crippen molar-refractivity contribution in [2.45, 2.75) is 32.9 Å². The molecule has 0 aliphatic rings. The van der Waals surface area contributed by atoms with Crippen LogP contribution in [-0.4, -0.2) is 50.5 Å². The summed E-state index contributed by atoms with van der Waals surface area (Å²) in [6, 6.07) is 17.5. The van der Waals surface area contributed by atoms with E-state index in [1.165, 1.54) is 23.1 Å². The zero-order chi connectivity index (χ0) is 25.6. The molecule has 0 bridgehead atoms. The number of benzene rings is 3. The molecular weight excluding hydrogens is 469 g/mol. The minimum absolute atomic E-state index is 0.181. The highest BCUT2D eigenvalue weighted by Crippen LogP contribution is 2.28. The lowest BCUT2D eigenvalue weighted by atomic mass is 10.1. The first-order valence-electron chi connectivity index (χ1n) is 11.4. The number of sulfonamides is 1. The third-order valence-corrected chi connectivity index (χ3v) is 6.86. The molecule has 2 amide bonds. The lowest BCUT2D eigenvalue weighted by molar-refractivity contribution is -0.139. The number of carbonyl (C=O) groups is 2. The van der Waals surface area contributed by atoms with Crippen LogP contribution in [0.1, 0.15) is 25.8 Å². The fourth-order valence-electron chi connectivity index (χ4n) is 3.81. The third-order valence-electron chi connectivity index (χ3n) is 5.73. The molecule has 3 aromatic rings. The number of nitrogens with one attached hydrogen (secondary N) is 1. The minimum atomic E-state index is -3.87. The van der Waals surface area contributed by atoms with Crippen molar-refractivity contribution in [1.29, 1.82) is 0 Å². The molecule has 3 rings (SSSR count). The van der Waals surface area contributed by atoms with Crippen molar-refractivity contribution in [3.8, 4) is 0 Å². The van der Waals surface area contributed by atoms with E-state index < -0.39 is 40.2 Å². The number of rotatable bonds is 10. The Bertz CT molecular complexity index is 1310. The molecule has 3 aromatic carbocycles. The number of nitrogens with zero attached hydrogens (tertiary/aromatic N) is 2. The lowest BCUT2D eigenvalue weighted by Crippen LogP contribution is -2.51. The van der Waals surface area contributed by atoms with Gasteiger partial charge >= 0.3 is 0 Å². The molecular formula is C26H30FN3O4S. The van der Waals surface area contributed by atoms with Crippen LogP contribution >= 0.6 is 0 Å². The molecule has 0 fully saturated rings. The van der Waals surface area contributed by atoms with Crippen LogP contribution in [-0.2, 0) is 26.2 Å². The van der Waals surface area contributed by atoms with Gasteiger partial charge in [-0.25, -0.2) is 12.8 Å².